The number of carbonyl (C=O) groups is 1. The van der Waals surface area contributed by atoms with E-state index in [1.165, 1.54) is 17.4 Å². The van der Waals surface area contributed by atoms with Crippen LogP contribution in [0.2, 0.25) is 0 Å². The predicted octanol–water partition coefficient (Wildman–Crippen LogP) is 3.04. The monoisotopic (exact) mass is 293 g/mol. The zero-order chi connectivity index (χ0) is 14.7. The smallest absolute Gasteiger partial charge is 0.260 e. The molecule has 2 aromatic rings. The standard InChI is InChI=1S/C13H12FN3O2S/c1-7-4-3-5-9(11(7)14)12(18)16-13-15-10(6-20-13)8(2)17-19/h3-6,19H,1-2H3,(H,15,16,18)/b17-8-. The van der Waals surface area contributed by atoms with Crippen molar-refractivity contribution >= 4 is 28.1 Å². The van der Waals surface area contributed by atoms with Gasteiger partial charge in [0, 0.05) is 5.38 Å². The highest BCUT2D eigenvalue weighted by Gasteiger charge is 2.15. The van der Waals surface area contributed by atoms with Crippen LogP contribution in [0.15, 0.2) is 28.7 Å². The number of nitrogens with zero attached hydrogens (tertiary/aromatic N) is 2. The summed E-state index contributed by atoms with van der Waals surface area (Å²) in [5.41, 5.74) is 1.16. The number of halogens is 1. The predicted molar refractivity (Wildman–Crippen MR) is 75.2 cm³/mol. The first kappa shape index (κ1) is 14.1. The summed E-state index contributed by atoms with van der Waals surface area (Å²) in [6, 6.07) is 4.62. The molecule has 1 aromatic heterocycles. The molecule has 1 amide bonds. The van der Waals surface area contributed by atoms with E-state index in [2.05, 4.69) is 15.5 Å². The third-order valence-electron chi connectivity index (χ3n) is 2.68. The van der Waals surface area contributed by atoms with Gasteiger partial charge in [0.05, 0.1) is 5.56 Å². The van der Waals surface area contributed by atoms with Crippen LogP contribution in [0.1, 0.15) is 28.5 Å². The average molecular weight is 293 g/mol. The van der Waals surface area contributed by atoms with Gasteiger partial charge >= 0.3 is 0 Å². The molecule has 104 valence electrons. The Morgan fingerprint density at radius 1 is 1.50 bits per heavy atom. The molecule has 0 saturated heterocycles. The molecule has 0 atom stereocenters. The number of hydrogen-bond donors (Lipinski definition) is 2. The van der Waals surface area contributed by atoms with Crippen LogP contribution in [0, 0.1) is 12.7 Å². The van der Waals surface area contributed by atoms with E-state index >= 15 is 0 Å². The number of thiazole rings is 1. The Balaban J connectivity index is 2.20. The molecule has 20 heavy (non-hydrogen) atoms. The second kappa shape index (κ2) is 5.79. The van der Waals surface area contributed by atoms with Crippen LogP contribution in [-0.4, -0.2) is 21.8 Å². The normalized spacial score (nSPS) is 11.4. The largest absolute Gasteiger partial charge is 0.411 e. The lowest BCUT2D eigenvalue weighted by Crippen LogP contribution is -2.14. The number of benzene rings is 1. The van der Waals surface area contributed by atoms with E-state index in [1.54, 1.807) is 31.4 Å². The first-order valence-electron chi connectivity index (χ1n) is 5.74. The number of carbonyl (C=O) groups excluding carboxylic acids is 1. The average Bonchev–Trinajstić information content (AvgIpc) is 2.89. The molecule has 2 rings (SSSR count). The van der Waals surface area contributed by atoms with Gasteiger partial charge < -0.3 is 5.21 Å². The molecule has 0 aliphatic heterocycles. The minimum Gasteiger partial charge on any atom is -0.411 e. The van der Waals surface area contributed by atoms with Gasteiger partial charge in [0.15, 0.2) is 5.13 Å². The van der Waals surface area contributed by atoms with E-state index in [0.29, 0.717) is 22.1 Å². The van der Waals surface area contributed by atoms with Crippen molar-refractivity contribution in [3.8, 4) is 0 Å². The molecule has 0 saturated carbocycles. The van der Waals surface area contributed by atoms with Gasteiger partial charge in [0.1, 0.15) is 17.2 Å². The van der Waals surface area contributed by atoms with Gasteiger partial charge in [-0.15, -0.1) is 11.3 Å². The number of hydrogen-bond acceptors (Lipinski definition) is 5. The van der Waals surface area contributed by atoms with Gasteiger partial charge in [-0.1, -0.05) is 17.3 Å². The number of oxime groups is 1. The molecule has 0 unspecified atom stereocenters. The molecule has 0 bridgehead atoms. The van der Waals surface area contributed by atoms with Crippen molar-refractivity contribution in [2.24, 2.45) is 5.16 Å². The molecule has 0 aliphatic rings. The zero-order valence-corrected chi connectivity index (χ0v) is 11.7. The maximum absolute atomic E-state index is 13.8. The van der Waals surface area contributed by atoms with Crippen molar-refractivity contribution in [2.75, 3.05) is 5.32 Å². The maximum Gasteiger partial charge on any atom is 0.260 e. The fourth-order valence-electron chi connectivity index (χ4n) is 1.54. The molecule has 5 nitrogen and oxygen atoms in total. The van der Waals surface area contributed by atoms with Crippen molar-refractivity contribution in [3.05, 3.63) is 46.2 Å². The van der Waals surface area contributed by atoms with Gasteiger partial charge in [-0.3, -0.25) is 10.1 Å². The maximum atomic E-state index is 13.8. The van der Waals surface area contributed by atoms with E-state index < -0.39 is 11.7 Å². The van der Waals surface area contributed by atoms with Crippen LogP contribution in [0.4, 0.5) is 9.52 Å². The highest BCUT2D eigenvalue weighted by Crippen LogP contribution is 2.18. The Morgan fingerprint density at radius 2 is 2.25 bits per heavy atom. The topological polar surface area (TPSA) is 74.6 Å². The van der Waals surface area contributed by atoms with Crippen LogP contribution in [0.25, 0.3) is 0 Å². The third-order valence-corrected chi connectivity index (χ3v) is 3.44. The highest BCUT2D eigenvalue weighted by atomic mass is 32.1. The summed E-state index contributed by atoms with van der Waals surface area (Å²) in [7, 11) is 0. The quantitative estimate of drug-likeness (QED) is 0.519. The van der Waals surface area contributed by atoms with Crippen molar-refractivity contribution in [3.63, 3.8) is 0 Å². The molecule has 0 fully saturated rings. The summed E-state index contributed by atoms with van der Waals surface area (Å²) < 4.78 is 13.8. The molecule has 1 aromatic carbocycles. The van der Waals surface area contributed by atoms with Crippen molar-refractivity contribution in [1.82, 2.24) is 4.98 Å². The number of anilines is 1. The van der Waals surface area contributed by atoms with Crippen molar-refractivity contribution < 1.29 is 14.4 Å². The fraction of sp³-hybridized carbons (Fsp3) is 0.154. The van der Waals surface area contributed by atoms with E-state index in [1.807, 2.05) is 0 Å². The SMILES string of the molecule is C/C(=N/O)c1csc(NC(=O)c2cccc(C)c2F)n1. The Hall–Kier alpha value is -2.28. The molecule has 7 heteroatoms. The highest BCUT2D eigenvalue weighted by molar-refractivity contribution is 7.14. The molecule has 0 aliphatic carbocycles. The molecule has 0 spiro atoms. The lowest BCUT2D eigenvalue weighted by atomic mass is 10.1. The number of aromatic nitrogens is 1. The van der Waals surface area contributed by atoms with E-state index in [-0.39, 0.29) is 5.56 Å². The van der Waals surface area contributed by atoms with Crippen LogP contribution in [0.5, 0.6) is 0 Å². The number of rotatable bonds is 3. The number of nitrogens with one attached hydrogen (secondary N) is 1. The van der Waals surface area contributed by atoms with Crippen LogP contribution in [-0.2, 0) is 0 Å². The Bertz CT molecular complexity index is 682. The summed E-state index contributed by atoms with van der Waals surface area (Å²) in [4.78, 5) is 16.0. The summed E-state index contributed by atoms with van der Waals surface area (Å²) in [5.74, 6) is -1.11. The fourth-order valence-corrected chi connectivity index (χ4v) is 2.28. The van der Waals surface area contributed by atoms with E-state index in [9.17, 15) is 9.18 Å². The first-order valence-corrected chi connectivity index (χ1v) is 6.62. The minimum absolute atomic E-state index is 0.0331. The second-order valence-corrected chi connectivity index (χ2v) is 4.97. The third kappa shape index (κ3) is 2.83. The molecule has 2 N–H and O–H groups in total. The Kier molecular flexibility index (Phi) is 4.09. The van der Waals surface area contributed by atoms with E-state index in [4.69, 9.17) is 5.21 Å². The molecule has 0 radical (unpaired) electrons. The molecule has 1 heterocycles. The van der Waals surface area contributed by atoms with Crippen molar-refractivity contribution in [2.45, 2.75) is 13.8 Å². The lowest BCUT2D eigenvalue weighted by molar-refractivity contribution is 0.102. The van der Waals surface area contributed by atoms with Crippen molar-refractivity contribution in [1.29, 1.82) is 0 Å². The molecular weight excluding hydrogens is 281 g/mol. The summed E-state index contributed by atoms with van der Waals surface area (Å²) in [5, 5.41) is 16.1. The molecular formula is C13H12FN3O2S. The summed E-state index contributed by atoms with van der Waals surface area (Å²) in [6.45, 7) is 3.18. The number of amides is 1. The van der Waals surface area contributed by atoms with Gasteiger partial charge in [-0.05, 0) is 25.5 Å². The second-order valence-electron chi connectivity index (χ2n) is 4.11. The summed E-state index contributed by atoms with van der Waals surface area (Å²) >= 11 is 1.17. The Morgan fingerprint density at radius 3 is 2.95 bits per heavy atom. The Labute approximate surface area is 118 Å². The first-order chi connectivity index (χ1) is 9.52. The van der Waals surface area contributed by atoms with Crippen LogP contribution >= 0.6 is 11.3 Å². The van der Waals surface area contributed by atoms with E-state index in [0.717, 1.165) is 0 Å². The van der Waals surface area contributed by atoms with Crippen LogP contribution in [0.3, 0.4) is 0 Å². The van der Waals surface area contributed by atoms with Gasteiger partial charge in [0.2, 0.25) is 0 Å². The van der Waals surface area contributed by atoms with Crippen LogP contribution < -0.4 is 5.32 Å². The zero-order valence-electron chi connectivity index (χ0n) is 10.8. The lowest BCUT2D eigenvalue weighted by Gasteiger charge is -2.04. The van der Waals surface area contributed by atoms with Gasteiger partial charge in [-0.25, -0.2) is 9.37 Å². The van der Waals surface area contributed by atoms with Gasteiger partial charge in [-0.2, -0.15) is 0 Å². The van der Waals surface area contributed by atoms with Gasteiger partial charge in [0.25, 0.3) is 5.91 Å². The number of aryl methyl sites for hydroxylation is 1. The minimum atomic E-state index is -0.564. The summed E-state index contributed by atoms with van der Waals surface area (Å²) in [6.07, 6.45) is 0.